The minimum atomic E-state index is 0.115. The highest BCUT2D eigenvalue weighted by Gasteiger charge is 2.14. The van der Waals surface area contributed by atoms with Gasteiger partial charge in [-0.2, -0.15) is 0 Å². The lowest BCUT2D eigenvalue weighted by Gasteiger charge is -2.23. The monoisotopic (exact) mass is 320 g/mol. The van der Waals surface area contributed by atoms with Crippen molar-refractivity contribution in [1.29, 1.82) is 0 Å². The fourth-order valence-electron chi connectivity index (χ4n) is 2.75. The van der Waals surface area contributed by atoms with E-state index >= 15 is 0 Å². The topological polar surface area (TPSA) is 34.0 Å². The van der Waals surface area contributed by atoms with Gasteiger partial charge < -0.3 is 9.88 Å². The fraction of sp³-hybridized carbons (Fsp3) is 0.400. The van der Waals surface area contributed by atoms with Crippen LogP contribution in [0.15, 0.2) is 39.7 Å². The van der Waals surface area contributed by atoms with Gasteiger partial charge >= 0.3 is 0 Å². The second-order valence-corrected chi connectivity index (χ2v) is 6.13. The average molecular weight is 321 g/mol. The molecule has 2 heterocycles. The molecule has 1 fully saturated rings. The first-order valence-electron chi connectivity index (χ1n) is 6.73. The van der Waals surface area contributed by atoms with Gasteiger partial charge in [0.2, 0.25) is 0 Å². The summed E-state index contributed by atoms with van der Waals surface area (Å²) in [7, 11) is 0. The van der Waals surface area contributed by atoms with Crippen molar-refractivity contribution in [2.45, 2.75) is 19.4 Å². The number of nitrogens with zero attached hydrogens (tertiary/aromatic N) is 1. The van der Waals surface area contributed by atoms with Gasteiger partial charge in [0.25, 0.3) is 5.56 Å². The van der Waals surface area contributed by atoms with Gasteiger partial charge in [-0.1, -0.05) is 22.0 Å². The summed E-state index contributed by atoms with van der Waals surface area (Å²) in [6.45, 7) is 2.94. The van der Waals surface area contributed by atoms with Crippen molar-refractivity contribution in [3.05, 3.63) is 45.3 Å². The zero-order chi connectivity index (χ0) is 13.2. The minimum Gasteiger partial charge on any atom is -0.316 e. The molecule has 1 aliphatic heterocycles. The molecule has 19 heavy (non-hydrogen) atoms. The third-order valence-corrected chi connectivity index (χ3v) is 4.29. The Morgan fingerprint density at radius 2 is 2.26 bits per heavy atom. The smallest absolute Gasteiger partial charge is 0.258 e. The summed E-state index contributed by atoms with van der Waals surface area (Å²) < 4.78 is 2.81. The van der Waals surface area contributed by atoms with Gasteiger partial charge in [0.1, 0.15) is 0 Å². The highest BCUT2D eigenvalue weighted by atomic mass is 79.9. The molecule has 1 aromatic carbocycles. The Morgan fingerprint density at radius 3 is 3.05 bits per heavy atom. The summed E-state index contributed by atoms with van der Waals surface area (Å²) in [5, 5.41) is 5.20. The van der Waals surface area contributed by atoms with Crippen LogP contribution >= 0.6 is 15.9 Å². The van der Waals surface area contributed by atoms with Crippen LogP contribution in [0, 0.1) is 5.92 Å². The average Bonchev–Trinajstić information content (AvgIpc) is 2.44. The Labute approximate surface area is 120 Å². The summed E-state index contributed by atoms with van der Waals surface area (Å²) in [5.74, 6) is 0.566. The second kappa shape index (κ2) is 5.47. The van der Waals surface area contributed by atoms with Crippen LogP contribution < -0.4 is 10.9 Å². The van der Waals surface area contributed by atoms with E-state index in [9.17, 15) is 4.79 Å². The molecule has 0 bridgehead atoms. The maximum atomic E-state index is 12.5. The lowest BCUT2D eigenvalue weighted by molar-refractivity contribution is 0.334. The highest BCUT2D eigenvalue weighted by molar-refractivity contribution is 9.10. The van der Waals surface area contributed by atoms with Crippen molar-refractivity contribution in [3.8, 4) is 0 Å². The van der Waals surface area contributed by atoms with Crippen LogP contribution in [0.1, 0.15) is 12.8 Å². The van der Waals surface area contributed by atoms with Gasteiger partial charge in [-0.3, -0.25) is 4.79 Å². The van der Waals surface area contributed by atoms with Crippen molar-refractivity contribution in [3.63, 3.8) is 0 Å². The number of pyridine rings is 1. The molecule has 0 spiro atoms. The first-order chi connectivity index (χ1) is 9.24. The van der Waals surface area contributed by atoms with Gasteiger partial charge in [0.15, 0.2) is 0 Å². The number of benzene rings is 1. The number of piperidine rings is 1. The molecule has 0 aliphatic carbocycles. The number of nitrogens with one attached hydrogen (secondary N) is 1. The van der Waals surface area contributed by atoms with Crippen molar-refractivity contribution < 1.29 is 0 Å². The van der Waals surface area contributed by atoms with E-state index in [1.54, 1.807) is 0 Å². The van der Waals surface area contributed by atoms with Gasteiger partial charge in [-0.25, -0.2) is 0 Å². The molecule has 0 radical (unpaired) electrons. The molecule has 2 aromatic rings. The van der Waals surface area contributed by atoms with Crippen molar-refractivity contribution >= 4 is 26.7 Å². The molecule has 1 aromatic heterocycles. The summed E-state index contributed by atoms with van der Waals surface area (Å²) in [5.41, 5.74) is 0.115. The Kier molecular flexibility index (Phi) is 3.71. The lowest BCUT2D eigenvalue weighted by atomic mass is 9.99. The largest absolute Gasteiger partial charge is 0.316 e. The van der Waals surface area contributed by atoms with Gasteiger partial charge in [-0.15, -0.1) is 0 Å². The van der Waals surface area contributed by atoms with Crippen molar-refractivity contribution in [1.82, 2.24) is 9.88 Å². The third kappa shape index (κ3) is 2.74. The van der Waals surface area contributed by atoms with Crippen LogP contribution in [-0.2, 0) is 6.54 Å². The summed E-state index contributed by atoms with van der Waals surface area (Å²) in [4.78, 5) is 12.5. The molecule has 0 amide bonds. The van der Waals surface area contributed by atoms with Crippen LogP contribution in [0.25, 0.3) is 10.8 Å². The van der Waals surface area contributed by atoms with Crippen LogP contribution in [0.3, 0.4) is 0 Å². The number of halogens is 1. The maximum Gasteiger partial charge on any atom is 0.258 e. The molecule has 1 aliphatic rings. The molecule has 3 rings (SSSR count). The zero-order valence-corrected chi connectivity index (χ0v) is 12.3. The molecular weight excluding hydrogens is 304 g/mol. The van der Waals surface area contributed by atoms with Crippen molar-refractivity contribution in [2.75, 3.05) is 13.1 Å². The number of fused-ring (bicyclic) bond motifs is 1. The van der Waals surface area contributed by atoms with Crippen LogP contribution in [-0.4, -0.2) is 17.7 Å². The summed E-state index contributed by atoms with van der Waals surface area (Å²) in [6.07, 6.45) is 4.34. The molecule has 3 nitrogen and oxygen atoms in total. The molecule has 1 atom stereocenters. The van der Waals surface area contributed by atoms with E-state index in [1.165, 1.54) is 12.8 Å². The summed E-state index contributed by atoms with van der Waals surface area (Å²) in [6, 6.07) is 7.89. The van der Waals surface area contributed by atoms with E-state index in [2.05, 4.69) is 21.2 Å². The van der Waals surface area contributed by atoms with Crippen LogP contribution in [0.2, 0.25) is 0 Å². The van der Waals surface area contributed by atoms with Gasteiger partial charge in [0.05, 0.1) is 0 Å². The standard InChI is InChI=1S/C15H17BrN2O/c16-13-4-3-12-5-7-18(15(19)14(12)8-13)10-11-2-1-6-17-9-11/h3-5,7-8,11,17H,1-2,6,9-10H2. The van der Waals surface area contributed by atoms with E-state index in [4.69, 9.17) is 0 Å². The number of hydrogen-bond donors (Lipinski definition) is 1. The number of rotatable bonds is 2. The van der Waals surface area contributed by atoms with E-state index in [0.29, 0.717) is 5.92 Å². The maximum absolute atomic E-state index is 12.5. The third-order valence-electron chi connectivity index (χ3n) is 3.79. The molecule has 100 valence electrons. The van der Waals surface area contributed by atoms with Gasteiger partial charge in [-0.05, 0) is 55.4 Å². The highest BCUT2D eigenvalue weighted by Crippen LogP contribution is 2.17. The number of aromatic nitrogens is 1. The van der Waals surface area contributed by atoms with Gasteiger partial charge in [0, 0.05) is 22.6 Å². The van der Waals surface area contributed by atoms with E-state index in [-0.39, 0.29) is 5.56 Å². The predicted octanol–water partition coefficient (Wildman–Crippen LogP) is 2.76. The van der Waals surface area contributed by atoms with E-state index in [0.717, 1.165) is 34.9 Å². The molecule has 1 N–H and O–H groups in total. The molecule has 0 saturated carbocycles. The fourth-order valence-corrected chi connectivity index (χ4v) is 3.11. The molecule has 1 unspecified atom stereocenters. The number of hydrogen-bond acceptors (Lipinski definition) is 2. The SMILES string of the molecule is O=c1c2cc(Br)ccc2ccn1CC1CCCNC1. The summed E-state index contributed by atoms with van der Waals surface area (Å²) >= 11 is 3.43. The van der Waals surface area contributed by atoms with E-state index < -0.39 is 0 Å². The molecule has 4 heteroatoms. The lowest BCUT2D eigenvalue weighted by Crippen LogP contribution is -2.34. The molecular formula is C15H17BrN2O. The Bertz CT molecular complexity index is 644. The Hall–Kier alpha value is -1.13. The Morgan fingerprint density at radius 1 is 1.37 bits per heavy atom. The minimum absolute atomic E-state index is 0.115. The first kappa shape index (κ1) is 12.9. The quantitative estimate of drug-likeness (QED) is 0.923. The van der Waals surface area contributed by atoms with Crippen molar-refractivity contribution in [2.24, 2.45) is 5.92 Å². The predicted molar refractivity (Wildman–Crippen MR) is 81.5 cm³/mol. The second-order valence-electron chi connectivity index (χ2n) is 5.22. The van der Waals surface area contributed by atoms with Crippen LogP contribution in [0.5, 0.6) is 0 Å². The Balaban J connectivity index is 1.95. The normalized spacial score (nSPS) is 19.7. The molecule has 1 saturated heterocycles. The van der Waals surface area contributed by atoms with E-state index in [1.807, 2.05) is 35.0 Å². The first-order valence-corrected chi connectivity index (χ1v) is 7.53. The van der Waals surface area contributed by atoms with Crippen LogP contribution in [0.4, 0.5) is 0 Å². The zero-order valence-electron chi connectivity index (χ0n) is 10.7.